The molecule has 1 saturated heterocycles. The van der Waals surface area contributed by atoms with Crippen molar-refractivity contribution >= 4 is 16.8 Å². The number of aromatic amines is 1. The van der Waals surface area contributed by atoms with Crippen molar-refractivity contribution in [3.63, 3.8) is 0 Å². The number of nitrogens with one attached hydrogen (secondary N) is 2. The number of ether oxygens (including phenoxy) is 1. The van der Waals surface area contributed by atoms with E-state index in [-0.39, 0.29) is 23.9 Å². The highest BCUT2D eigenvalue weighted by molar-refractivity contribution is 6.08. The van der Waals surface area contributed by atoms with Gasteiger partial charge in [0.05, 0.1) is 24.8 Å². The van der Waals surface area contributed by atoms with Crippen LogP contribution in [0, 0.1) is 19.8 Å². The topological polar surface area (TPSA) is 79.4 Å². The lowest BCUT2D eigenvalue weighted by atomic mass is 9.95. The van der Waals surface area contributed by atoms with Crippen molar-refractivity contribution in [1.29, 1.82) is 0 Å². The second-order valence-electron chi connectivity index (χ2n) is 8.93. The van der Waals surface area contributed by atoms with Gasteiger partial charge in [0.15, 0.2) is 0 Å². The van der Waals surface area contributed by atoms with Crippen molar-refractivity contribution in [3.05, 3.63) is 63.2 Å². The molecule has 3 heterocycles. The summed E-state index contributed by atoms with van der Waals surface area (Å²) >= 11 is 0. The number of benzene rings is 1. The molecule has 7 nitrogen and oxygen atoms in total. The first-order valence-electron chi connectivity index (χ1n) is 11.3. The fourth-order valence-electron chi connectivity index (χ4n) is 4.79. The molecule has 8 heteroatoms. The number of nitrogens with zero attached hydrogens (tertiary/aromatic N) is 2. The first kappa shape index (κ1) is 23.0. The number of halogens is 1. The normalized spacial score (nSPS) is 19.1. The first-order valence-corrected chi connectivity index (χ1v) is 11.3. The quantitative estimate of drug-likeness (QED) is 0.600. The Morgan fingerprint density at radius 2 is 2.06 bits per heavy atom. The number of carbonyl (C=O) groups is 1. The van der Waals surface area contributed by atoms with E-state index in [0.29, 0.717) is 35.7 Å². The Balaban J connectivity index is 1.63. The summed E-state index contributed by atoms with van der Waals surface area (Å²) < 4.78 is 22.1. The van der Waals surface area contributed by atoms with Crippen molar-refractivity contribution in [1.82, 2.24) is 19.8 Å². The summed E-state index contributed by atoms with van der Waals surface area (Å²) in [6.07, 6.45) is -0.122. The monoisotopic (exact) mass is 454 g/mol. The average Bonchev–Trinajstić information content (AvgIpc) is 3.05. The number of hydrogen-bond acceptors (Lipinski definition) is 4. The van der Waals surface area contributed by atoms with Gasteiger partial charge in [-0.05, 0) is 46.0 Å². The van der Waals surface area contributed by atoms with E-state index in [1.165, 1.54) is 7.11 Å². The number of hydrogen-bond donors (Lipinski definition) is 2. The third kappa shape index (κ3) is 4.53. The van der Waals surface area contributed by atoms with E-state index >= 15 is 0 Å². The Morgan fingerprint density at radius 3 is 2.79 bits per heavy atom. The van der Waals surface area contributed by atoms with Crippen LogP contribution in [0.3, 0.4) is 0 Å². The van der Waals surface area contributed by atoms with Crippen LogP contribution >= 0.6 is 0 Å². The van der Waals surface area contributed by atoms with Gasteiger partial charge in [-0.1, -0.05) is 18.2 Å². The first-order chi connectivity index (χ1) is 15.8. The van der Waals surface area contributed by atoms with E-state index in [0.717, 1.165) is 29.6 Å². The molecule has 0 radical (unpaired) electrons. The van der Waals surface area contributed by atoms with Gasteiger partial charge in [0, 0.05) is 41.3 Å². The number of alkyl halides is 1. The van der Waals surface area contributed by atoms with Crippen molar-refractivity contribution < 1.29 is 13.9 Å². The number of likely N-dealkylation sites (tertiary alicyclic amines) is 1. The maximum atomic E-state index is 14.7. The Morgan fingerprint density at radius 1 is 1.30 bits per heavy atom. The number of H-pyrrole nitrogens is 1. The Kier molecular flexibility index (Phi) is 6.56. The molecule has 1 aliphatic heterocycles. The number of carbonyl (C=O) groups excluding carboxylic acids is 1. The van der Waals surface area contributed by atoms with Gasteiger partial charge in [-0.2, -0.15) is 0 Å². The zero-order chi connectivity index (χ0) is 23.7. The lowest BCUT2D eigenvalue weighted by Crippen LogP contribution is -2.41. The summed E-state index contributed by atoms with van der Waals surface area (Å²) in [5, 5.41) is 3.70. The van der Waals surface area contributed by atoms with Crippen molar-refractivity contribution in [2.24, 2.45) is 5.92 Å². The molecular weight excluding hydrogens is 423 g/mol. The van der Waals surface area contributed by atoms with Gasteiger partial charge in [0.1, 0.15) is 11.9 Å². The summed E-state index contributed by atoms with van der Waals surface area (Å²) in [6, 6.07) is 9.43. The minimum atomic E-state index is -0.901. The molecule has 2 unspecified atom stereocenters. The molecule has 1 aromatic carbocycles. The van der Waals surface area contributed by atoms with Gasteiger partial charge in [0.25, 0.3) is 11.5 Å². The lowest BCUT2D eigenvalue weighted by molar-refractivity contribution is 0.0920. The molecule has 1 amide bonds. The van der Waals surface area contributed by atoms with E-state index in [1.54, 1.807) is 13.0 Å². The summed E-state index contributed by atoms with van der Waals surface area (Å²) in [5.74, 6) is 0.0682. The Bertz CT molecular complexity index is 1230. The van der Waals surface area contributed by atoms with Crippen LogP contribution in [0.1, 0.15) is 33.7 Å². The van der Waals surface area contributed by atoms with E-state index < -0.39 is 6.17 Å². The van der Waals surface area contributed by atoms with E-state index in [2.05, 4.69) is 14.9 Å². The fraction of sp³-hybridized carbons (Fsp3) is 0.440. The van der Waals surface area contributed by atoms with Crippen LogP contribution in [0.5, 0.6) is 5.75 Å². The molecule has 1 aliphatic rings. The summed E-state index contributed by atoms with van der Waals surface area (Å²) in [4.78, 5) is 30.4. The van der Waals surface area contributed by atoms with Crippen LogP contribution in [0.25, 0.3) is 10.9 Å². The Hall–Kier alpha value is -3.13. The van der Waals surface area contributed by atoms with Gasteiger partial charge in [0.2, 0.25) is 0 Å². The molecule has 4 rings (SSSR count). The number of rotatable bonds is 6. The third-order valence-electron chi connectivity index (χ3n) is 6.63. The van der Waals surface area contributed by atoms with E-state index in [4.69, 9.17) is 4.74 Å². The number of methoxy groups -OCH3 is 1. The van der Waals surface area contributed by atoms with Crippen molar-refractivity contribution in [2.75, 3.05) is 27.2 Å². The summed E-state index contributed by atoms with van der Waals surface area (Å²) in [7, 11) is 3.44. The van der Waals surface area contributed by atoms with Gasteiger partial charge in [-0.15, -0.1) is 0 Å². The SMILES string of the molecule is COc1cc(C)[nH]c(=O)c1CNC(=O)c1c(C)n(CC2CCN(C)CC2F)c2ccccc12. The standard InChI is InChI=1S/C25H31FN4O3/c1-15-11-22(33-4)19(24(31)28-15)12-27-25(32)23-16(2)30(21-8-6-5-7-18(21)23)13-17-9-10-29(3)14-20(17)26/h5-8,11,17,20H,9-10,12-14H2,1-4H3,(H,27,32)(H,28,31). The molecule has 176 valence electrons. The van der Waals surface area contributed by atoms with Gasteiger partial charge >= 0.3 is 0 Å². The molecule has 1 fully saturated rings. The maximum Gasteiger partial charge on any atom is 0.256 e. The van der Waals surface area contributed by atoms with Crippen molar-refractivity contribution in [2.45, 2.75) is 39.5 Å². The van der Waals surface area contributed by atoms with Crippen LogP contribution in [-0.2, 0) is 13.1 Å². The predicted octanol–water partition coefficient (Wildman–Crippen LogP) is 3.17. The van der Waals surface area contributed by atoms with E-state index in [1.807, 2.05) is 43.1 Å². The molecule has 2 aromatic heterocycles. The van der Waals surface area contributed by atoms with Gasteiger partial charge in [-0.3, -0.25) is 9.59 Å². The molecule has 0 saturated carbocycles. The molecule has 2 atom stereocenters. The third-order valence-corrected chi connectivity index (χ3v) is 6.63. The minimum absolute atomic E-state index is 0.0398. The second-order valence-corrected chi connectivity index (χ2v) is 8.93. The highest BCUT2D eigenvalue weighted by Gasteiger charge is 2.30. The highest BCUT2D eigenvalue weighted by atomic mass is 19.1. The fourth-order valence-corrected chi connectivity index (χ4v) is 4.79. The molecule has 0 aliphatic carbocycles. The highest BCUT2D eigenvalue weighted by Crippen LogP contribution is 2.30. The van der Waals surface area contributed by atoms with Crippen LogP contribution in [0.4, 0.5) is 4.39 Å². The smallest absolute Gasteiger partial charge is 0.256 e. The molecule has 3 aromatic rings. The number of aryl methyl sites for hydroxylation is 1. The largest absolute Gasteiger partial charge is 0.496 e. The molecule has 0 spiro atoms. The number of fused-ring (bicyclic) bond motifs is 1. The molecule has 2 N–H and O–H groups in total. The molecule has 33 heavy (non-hydrogen) atoms. The van der Waals surface area contributed by atoms with Gasteiger partial charge < -0.3 is 24.5 Å². The number of piperidine rings is 1. The number of para-hydroxylation sites is 1. The number of pyridine rings is 1. The predicted molar refractivity (Wildman–Crippen MR) is 127 cm³/mol. The van der Waals surface area contributed by atoms with E-state index in [9.17, 15) is 14.0 Å². The zero-order valence-corrected chi connectivity index (χ0v) is 19.6. The zero-order valence-electron chi connectivity index (χ0n) is 19.6. The van der Waals surface area contributed by atoms with Crippen LogP contribution < -0.4 is 15.6 Å². The summed E-state index contributed by atoms with van der Waals surface area (Å²) in [6.45, 7) is 5.54. The maximum absolute atomic E-state index is 14.7. The lowest BCUT2D eigenvalue weighted by Gasteiger charge is -2.32. The number of aromatic nitrogens is 2. The summed E-state index contributed by atoms with van der Waals surface area (Å²) in [5.41, 5.74) is 3.02. The van der Waals surface area contributed by atoms with Crippen LogP contribution in [-0.4, -0.2) is 53.8 Å². The average molecular weight is 455 g/mol. The van der Waals surface area contributed by atoms with Crippen molar-refractivity contribution in [3.8, 4) is 5.75 Å². The van der Waals surface area contributed by atoms with Crippen LogP contribution in [0.15, 0.2) is 35.1 Å². The van der Waals surface area contributed by atoms with Crippen LogP contribution in [0.2, 0.25) is 0 Å². The second kappa shape index (κ2) is 9.39. The Labute approximate surface area is 192 Å². The molecular formula is C25H31FN4O3. The molecule has 0 bridgehead atoms. The van der Waals surface area contributed by atoms with Gasteiger partial charge in [-0.25, -0.2) is 4.39 Å². The minimum Gasteiger partial charge on any atom is -0.496 e. The number of amides is 1.